The quantitative estimate of drug-likeness (QED) is 0.834. The van der Waals surface area contributed by atoms with Gasteiger partial charge in [-0.1, -0.05) is 36.4 Å². The molecule has 1 atom stereocenters. The first kappa shape index (κ1) is 17.2. The average Bonchev–Trinajstić information content (AvgIpc) is 3.14. The molecule has 0 unspecified atom stereocenters. The summed E-state index contributed by atoms with van der Waals surface area (Å²) < 4.78 is 5.50. The molecule has 6 heteroatoms. The van der Waals surface area contributed by atoms with Gasteiger partial charge in [0.25, 0.3) is 0 Å². The molecular formula is C19H20N2O3S. The Morgan fingerprint density at radius 3 is 2.68 bits per heavy atom. The molecule has 1 aromatic heterocycles. The van der Waals surface area contributed by atoms with Crippen LogP contribution < -0.4 is 5.32 Å². The summed E-state index contributed by atoms with van der Waals surface area (Å²) in [6.45, 7) is 2.07. The molecule has 2 amide bonds. The molecule has 0 radical (unpaired) electrons. The largest absolute Gasteiger partial charge is 0.462 e. The van der Waals surface area contributed by atoms with Crippen molar-refractivity contribution in [2.45, 2.75) is 19.4 Å². The molecule has 0 bridgehead atoms. The number of carbonyl (C=O) groups excluding carboxylic acids is 2. The third-order valence-electron chi connectivity index (χ3n) is 4.27. The molecule has 1 N–H and O–H groups in total. The second kappa shape index (κ2) is 7.53. The Hall–Kier alpha value is -2.60. The van der Waals surface area contributed by atoms with E-state index in [1.807, 2.05) is 47.8 Å². The lowest BCUT2D eigenvalue weighted by Gasteiger charge is -2.32. The van der Waals surface area contributed by atoms with Gasteiger partial charge in [0.1, 0.15) is 0 Å². The van der Waals surface area contributed by atoms with Crippen LogP contribution in [0, 0.1) is 0 Å². The van der Waals surface area contributed by atoms with Crippen molar-refractivity contribution in [3.63, 3.8) is 0 Å². The number of allylic oxidation sites excluding steroid dienone is 1. The fraction of sp³-hybridized carbons (Fsp3) is 0.263. The van der Waals surface area contributed by atoms with Gasteiger partial charge in [-0.2, -0.15) is 0 Å². The number of hydrogen-bond donors (Lipinski definition) is 1. The minimum absolute atomic E-state index is 0.225. The monoisotopic (exact) mass is 356 g/mol. The van der Waals surface area contributed by atoms with E-state index in [1.165, 1.54) is 16.2 Å². The SMILES string of the molecule is CC1=C(C(=O)OCCc2ccccc2)[C@@H](c2cccs2)NC(=O)N1C. The maximum Gasteiger partial charge on any atom is 0.338 e. The molecule has 5 nitrogen and oxygen atoms in total. The van der Waals surface area contributed by atoms with Gasteiger partial charge in [0.2, 0.25) is 0 Å². The lowest BCUT2D eigenvalue weighted by molar-refractivity contribution is -0.139. The van der Waals surface area contributed by atoms with Crippen molar-refractivity contribution in [1.29, 1.82) is 0 Å². The highest BCUT2D eigenvalue weighted by Gasteiger charge is 2.35. The summed E-state index contributed by atoms with van der Waals surface area (Å²) >= 11 is 1.50. The second-order valence-corrected chi connectivity index (χ2v) is 6.81. The van der Waals surface area contributed by atoms with E-state index in [4.69, 9.17) is 4.74 Å². The Balaban J connectivity index is 1.76. The molecule has 2 heterocycles. The zero-order chi connectivity index (χ0) is 17.8. The Morgan fingerprint density at radius 1 is 1.24 bits per heavy atom. The summed E-state index contributed by atoms with van der Waals surface area (Å²) in [4.78, 5) is 27.2. The summed E-state index contributed by atoms with van der Waals surface area (Å²) in [5, 5.41) is 4.80. The number of ether oxygens (including phenoxy) is 1. The maximum atomic E-state index is 12.7. The van der Waals surface area contributed by atoms with Crippen LogP contribution in [0.25, 0.3) is 0 Å². The lowest BCUT2D eigenvalue weighted by Crippen LogP contribution is -2.46. The molecule has 0 saturated carbocycles. The molecule has 0 aliphatic carbocycles. The number of benzene rings is 1. The number of carbonyl (C=O) groups is 2. The zero-order valence-electron chi connectivity index (χ0n) is 14.2. The number of esters is 1. The second-order valence-electron chi connectivity index (χ2n) is 5.83. The minimum Gasteiger partial charge on any atom is -0.462 e. The van der Waals surface area contributed by atoms with E-state index in [0.29, 0.717) is 24.3 Å². The molecular weight excluding hydrogens is 336 g/mol. The average molecular weight is 356 g/mol. The lowest BCUT2D eigenvalue weighted by atomic mass is 10.0. The topological polar surface area (TPSA) is 58.6 Å². The summed E-state index contributed by atoms with van der Waals surface area (Å²) in [5.74, 6) is -0.390. The number of thiophene rings is 1. The van der Waals surface area contributed by atoms with Crippen LogP contribution >= 0.6 is 11.3 Å². The van der Waals surface area contributed by atoms with Gasteiger partial charge in [-0.25, -0.2) is 9.59 Å². The van der Waals surface area contributed by atoms with E-state index < -0.39 is 12.0 Å². The van der Waals surface area contributed by atoms with Gasteiger partial charge in [0, 0.05) is 24.0 Å². The Bertz CT molecular complexity index is 784. The number of rotatable bonds is 5. The first-order valence-electron chi connectivity index (χ1n) is 8.07. The van der Waals surface area contributed by atoms with E-state index in [-0.39, 0.29) is 6.03 Å². The molecule has 130 valence electrons. The predicted octanol–water partition coefficient (Wildman–Crippen LogP) is 3.50. The molecule has 3 rings (SSSR count). The van der Waals surface area contributed by atoms with Gasteiger partial charge in [-0.05, 0) is 23.9 Å². The van der Waals surface area contributed by atoms with E-state index in [1.54, 1.807) is 14.0 Å². The highest BCUT2D eigenvalue weighted by Crippen LogP contribution is 2.32. The van der Waals surface area contributed by atoms with Crippen LogP contribution in [0.3, 0.4) is 0 Å². The van der Waals surface area contributed by atoms with Gasteiger partial charge >= 0.3 is 12.0 Å². The van der Waals surface area contributed by atoms with Crippen molar-refractivity contribution in [2.75, 3.05) is 13.7 Å². The maximum absolute atomic E-state index is 12.7. The third-order valence-corrected chi connectivity index (χ3v) is 5.21. The number of hydrogen-bond acceptors (Lipinski definition) is 4. The van der Waals surface area contributed by atoms with Gasteiger partial charge in [0.15, 0.2) is 0 Å². The van der Waals surface area contributed by atoms with Crippen LogP contribution in [0.15, 0.2) is 59.1 Å². The van der Waals surface area contributed by atoms with E-state index in [0.717, 1.165) is 10.4 Å². The normalized spacial score (nSPS) is 17.4. The van der Waals surface area contributed by atoms with Gasteiger partial charge in [0.05, 0.1) is 18.2 Å². The number of nitrogens with one attached hydrogen (secondary N) is 1. The Labute approximate surface area is 150 Å². The van der Waals surface area contributed by atoms with Gasteiger partial charge < -0.3 is 15.0 Å². The summed E-state index contributed by atoms with van der Waals surface area (Å²) in [5.41, 5.74) is 2.22. The predicted molar refractivity (Wildman–Crippen MR) is 97.2 cm³/mol. The smallest absolute Gasteiger partial charge is 0.338 e. The first-order chi connectivity index (χ1) is 12.1. The van der Waals surface area contributed by atoms with E-state index >= 15 is 0 Å². The molecule has 0 spiro atoms. The van der Waals surface area contributed by atoms with Crippen molar-refractivity contribution in [1.82, 2.24) is 10.2 Å². The fourth-order valence-electron chi connectivity index (χ4n) is 2.75. The molecule has 0 fully saturated rings. The fourth-order valence-corrected chi connectivity index (χ4v) is 3.54. The van der Waals surface area contributed by atoms with Crippen molar-refractivity contribution >= 4 is 23.3 Å². The van der Waals surface area contributed by atoms with Crippen LogP contribution in [0.1, 0.15) is 23.4 Å². The van der Waals surface area contributed by atoms with Crippen molar-refractivity contribution in [3.05, 3.63) is 69.6 Å². The van der Waals surface area contributed by atoms with E-state index in [9.17, 15) is 9.59 Å². The number of urea groups is 1. The Morgan fingerprint density at radius 2 is 2.00 bits per heavy atom. The van der Waals surface area contributed by atoms with Gasteiger partial charge in [-0.3, -0.25) is 0 Å². The summed E-state index contributed by atoms with van der Waals surface area (Å²) in [6.07, 6.45) is 0.658. The molecule has 1 aliphatic heterocycles. The van der Waals surface area contributed by atoms with Crippen molar-refractivity contribution in [2.24, 2.45) is 0 Å². The Kier molecular flexibility index (Phi) is 5.19. The zero-order valence-corrected chi connectivity index (χ0v) is 15.0. The standard InChI is InChI=1S/C19H20N2O3S/c1-13-16(18(22)24-11-10-14-7-4-3-5-8-14)17(15-9-6-12-25-15)20-19(23)21(13)2/h3-9,12,17H,10-11H2,1-2H3,(H,20,23)/t17-/m1/s1. The first-order valence-corrected chi connectivity index (χ1v) is 8.95. The highest BCUT2D eigenvalue weighted by atomic mass is 32.1. The number of nitrogens with zero attached hydrogens (tertiary/aromatic N) is 1. The molecule has 0 saturated heterocycles. The number of amides is 2. The molecule has 2 aromatic rings. The minimum atomic E-state index is -0.465. The van der Waals surface area contributed by atoms with Crippen LogP contribution in [-0.2, 0) is 16.0 Å². The molecule has 1 aromatic carbocycles. The van der Waals surface area contributed by atoms with E-state index in [2.05, 4.69) is 5.32 Å². The third kappa shape index (κ3) is 3.74. The van der Waals surface area contributed by atoms with Crippen LogP contribution in [0.5, 0.6) is 0 Å². The van der Waals surface area contributed by atoms with Crippen molar-refractivity contribution < 1.29 is 14.3 Å². The van der Waals surface area contributed by atoms with Crippen LogP contribution in [-0.4, -0.2) is 30.6 Å². The highest BCUT2D eigenvalue weighted by molar-refractivity contribution is 7.10. The molecule has 25 heavy (non-hydrogen) atoms. The summed E-state index contributed by atoms with van der Waals surface area (Å²) in [7, 11) is 1.65. The molecule has 1 aliphatic rings. The van der Waals surface area contributed by atoms with Gasteiger partial charge in [-0.15, -0.1) is 11.3 Å². The van der Waals surface area contributed by atoms with Crippen molar-refractivity contribution in [3.8, 4) is 0 Å². The van der Waals surface area contributed by atoms with Crippen LogP contribution in [0.2, 0.25) is 0 Å². The summed E-state index contributed by atoms with van der Waals surface area (Å²) in [6, 6.07) is 13.0. The van der Waals surface area contributed by atoms with Crippen LogP contribution in [0.4, 0.5) is 4.79 Å².